The van der Waals surface area contributed by atoms with Crippen molar-refractivity contribution in [1.82, 2.24) is 0 Å². The molecule has 0 aromatic heterocycles. The number of aryl methyl sites for hydroxylation is 1. The number of carbonyl (C=O) groups excluding carboxylic acids is 2. The van der Waals surface area contributed by atoms with Gasteiger partial charge in [0.2, 0.25) is 0 Å². The zero-order valence-corrected chi connectivity index (χ0v) is 14.9. The van der Waals surface area contributed by atoms with E-state index in [1.54, 1.807) is 31.2 Å². The molecular weight excluding hydrogens is 342 g/mol. The summed E-state index contributed by atoms with van der Waals surface area (Å²) in [4.78, 5) is 23.9. The maximum Gasteiger partial charge on any atom is 0.347 e. The summed E-state index contributed by atoms with van der Waals surface area (Å²) in [5.74, 6) is -0.568. The van der Waals surface area contributed by atoms with E-state index in [0.717, 1.165) is 12.0 Å². The Morgan fingerprint density at radius 2 is 1.92 bits per heavy atom. The van der Waals surface area contributed by atoms with Crippen molar-refractivity contribution in [2.75, 3.05) is 11.9 Å². The molecule has 1 N–H and O–H groups in total. The number of nitrogens with one attached hydrogen (secondary N) is 1. The first-order chi connectivity index (χ1) is 12.0. The molecule has 2 aromatic rings. The van der Waals surface area contributed by atoms with Crippen LogP contribution >= 0.6 is 11.6 Å². The Kier molecular flexibility index (Phi) is 6.83. The molecule has 0 aliphatic heterocycles. The number of carbonyl (C=O) groups is 2. The molecule has 5 nitrogen and oxygen atoms in total. The number of para-hydroxylation sites is 1. The molecule has 0 aliphatic rings. The molecule has 2 aromatic carbocycles. The second kappa shape index (κ2) is 9.08. The van der Waals surface area contributed by atoms with Gasteiger partial charge in [-0.05, 0) is 43.2 Å². The first kappa shape index (κ1) is 18.8. The van der Waals surface area contributed by atoms with Gasteiger partial charge in [0.05, 0.1) is 0 Å². The van der Waals surface area contributed by atoms with E-state index < -0.39 is 18.0 Å². The number of ether oxygens (including phenoxy) is 2. The third kappa shape index (κ3) is 5.80. The van der Waals surface area contributed by atoms with Gasteiger partial charge in [-0.25, -0.2) is 4.79 Å². The molecule has 0 bridgehead atoms. The van der Waals surface area contributed by atoms with E-state index in [2.05, 4.69) is 5.32 Å². The maximum atomic E-state index is 12.0. The van der Waals surface area contributed by atoms with Crippen LogP contribution in [0.1, 0.15) is 19.4 Å². The van der Waals surface area contributed by atoms with E-state index in [1.807, 2.05) is 31.2 Å². The summed E-state index contributed by atoms with van der Waals surface area (Å²) in [6, 6.07) is 14.2. The van der Waals surface area contributed by atoms with E-state index in [-0.39, 0.29) is 6.61 Å². The standard InChI is InChI=1S/C19H20ClNO4/c1-3-14-7-4-5-10-17(14)21-18(22)12-24-19(23)13(2)25-16-9-6-8-15(20)11-16/h4-11,13H,3,12H2,1-2H3,(H,21,22). The van der Waals surface area contributed by atoms with Crippen LogP contribution in [0.25, 0.3) is 0 Å². The molecule has 0 saturated carbocycles. The second-order valence-corrected chi connectivity index (χ2v) is 5.82. The average molecular weight is 362 g/mol. The Hall–Kier alpha value is -2.53. The van der Waals surface area contributed by atoms with Crippen molar-refractivity contribution in [2.45, 2.75) is 26.4 Å². The minimum atomic E-state index is -0.853. The molecule has 0 spiro atoms. The molecule has 0 aliphatic carbocycles. The Bertz CT molecular complexity index is 748. The van der Waals surface area contributed by atoms with Gasteiger partial charge in [-0.3, -0.25) is 4.79 Å². The molecule has 0 fully saturated rings. The fraction of sp³-hybridized carbons (Fsp3) is 0.263. The average Bonchev–Trinajstić information content (AvgIpc) is 2.60. The van der Waals surface area contributed by atoms with Crippen molar-refractivity contribution in [1.29, 1.82) is 0 Å². The van der Waals surface area contributed by atoms with E-state index in [9.17, 15) is 9.59 Å². The predicted octanol–water partition coefficient (Wildman–Crippen LogP) is 3.85. The highest BCUT2D eigenvalue weighted by molar-refractivity contribution is 6.30. The smallest absolute Gasteiger partial charge is 0.347 e. The van der Waals surface area contributed by atoms with Crippen LogP contribution in [0.2, 0.25) is 5.02 Å². The molecule has 0 saturated heterocycles. The molecule has 1 unspecified atom stereocenters. The normalized spacial score (nSPS) is 11.5. The van der Waals surface area contributed by atoms with Crippen LogP contribution in [0, 0.1) is 0 Å². The highest BCUT2D eigenvalue weighted by Gasteiger charge is 2.18. The first-order valence-electron chi connectivity index (χ1n) is 7.96. The van der Waals surface area contributed by atoms with Gasteiger partial charge in [0.25, 0.3) is 5.91 Å². The van der Waals surface area contributed by atoms with Gasteiger partial charge in [-0.1, -0.05) is 42.8 Å². The van der Waals surface area contributed by atoms with E-state index in [0.29, 0.717) is 16.5 Å². The van der Waals surface area contributed by atoms with Crippen LogP contribution in [0.3, 0.4) is 0 Å². The topological polar surface area (TPSA) is 64.6 Å². The number of rotatable bonds is 7. The monoisotopic (exact) mass is 361 g/mol. The van der Waals surface area contributed by atoms with Crippen molar-refractivity contribution in [3.63, 3.8) is 0 Å². The highest BCUT2D eigenvalue weighted by Crippen LogP contribution is 2.19. The molecule has 132 valence electrons. The number of benzene rings is 2. The molecule has 1 atom stereocenters. The third-order valence-corrected chi connectivity index (χ3v) is 3.69. The van der Waals surface area contributed by atoms with Crippen LogP contribution in [-0.2, 0) is 20.7 Å². The van der Waals surface area contributed by atoms with Crippen molar-refractivity contribution >= 4 is 29.2 Å². The number of hydrogen-bond acceptors (Lipinski definition) is 4. The maximum absolute atomic E-state index is 12.0. The number of halogens is 1. The summed E-state index contributed by atoms with van der Waals surface area (Å²) >= 11 is 5.86. The summed E-state index contributed by atoms with van der Waals surface area (Å²) < 4.78 is 10.5. The zero-order valence-electron chi connectivity index (χ0n) is 14.1. The van der Waals surface area contributed by atoms with Crippen LogP contribution in [-0.4, -0.2) is 24.6 Å². The summed E-state index contributed by atoms with van der Waals surface area (Å²) in [5, 5.41) is 3.24. The molecule has 1 amide bonds. The number of anilines is 1. The van der Waals surface area contributed by atoms with Crippen LogP contribution in [0.4, 0.5) is 5.69 Å². The van der Waals surface area contributed by atoms with Gasteiger partial charge in [0, 0.05) is 10.7 Å². The molecule has 25 heavy (non-hydrogen) atoms. The van der Waals surface area contributed by atoms with E-state index in [1.165, 1.54) is 0 Å². The van der Waals surface area contributed by atoms with Crippen molar-refractivity contribution in [3.05, 3.63) is 59.1 Å². The Balaban J connectivity index is 1.83. The van der Waals surface area contributed by atoms with Crippen LogP contribution < -0.4 is 10.1 Å². The summed E-state index contributed by atoms with van der Waals surface area (Å²) in [5.41, 5.74) is 1.73. The molecule has 0 radical (unpaired) electrons. The number of amides is 1. The Morgan fingerprint density at radius 1 is 1.16 bits per heavy atom. The van der Waals surface area contributed by atoms with Gasteiger partial charge < -0.3 is 14.8 Å². The quantitative estimate of drug-likeness (QED) is 0.761. The van der Waals surface area contributed by atoms with Crippen molar-refractivity contribution < 1.29 is 19.1 Å². The first-order valence-corrected chi connectivity index (χ1v) is 8.34. The van der Waals surface area contributed by atoms with Gasteiger partial charge in [0.1, 0.15) is 5.75 Å². The van der Waals surface area contributed by atoms with Gasteiger partial charge in [0.15, 0.2) is 12.7 Å². The SMILES string of the molecule is CCc1ccccc1NC(=O)COC(=O)C(C)Oc1cccc(Cl)c1. The largest absolute Gasteiger partial charge is 0.479 e. The number of hydrogen-bond donors (Lipinski definition) is 1. The Morgan fingerprint density at radius 3 is 2.64 bits per heavy atom. The van der Waals surface area contributed by atoms with Crippen molar-refractivity contribution in [3.8, 4) is 5.75 Å². The third-order valence-electron chi connectivity index (χ3n) is 3.46. The lowest BCUT2D eigenvalue weighted by molar-refractivity contribution is -0.153. The van der Waals surface area contributed by atoms with Gasteiger partial charge >= 0.3 is 5.97 Å². The molecule has 6 heteroatoms. The van der Waals surface area contributed by atoms with Gasteiger partial charge in [-0.2, -0.15) is 0 Å². The fourth-order valence-corrected chi connectivity index (χ4v) is 2.36. The fourth-order valence-electron chi connectivity index (χ4n) is 2.18. The highest BCUT2D eigenvalue weighted by atomic mass is 35.5. The Labute approximate surface area is 151 Å². The summed E-state index contributed by atoms with van der Waals surface area (Å²) in [6.07, 6.45) is -0.0602. The zero-order chi connectivity index (χ0) is 18.2. The van der Waals surface area contributed by atoms with Crippen molar-refractivity contribution in [2.24, 2.45) is 0 Å². The van der Waals surface area contributed by atoms with Crippen LogP contribution in [0.5, 0.6) is 5.75 Å². The summed E-state index contributed by atoms with van der Waals surface area (Å²) in [6.45, 7) is 3.17. The lowest BCUT2D eigenvalue weighted by Gasteiger charge is -2.14. The lowest BCUT2D eigenvalue weighted by atomic mass is 10.1. The molecule has 0 heterocycles. The molecular formula is C19H20ClNO4. The van der Waals surface area contributed by atoms with E-state index >= 15 is 0 Å². The minimum Gasteiger partial charge on any atom is -0.479 e. The second-order valence-electron chi connectivity index (χ2n) is 5.38. The van der Waals surface area contributed by atoms with E-state index in [4.69, 9.17) is 21.1 Å². The molecule has 2 rings (SSSR count). The minimum absolute atomic E-state index is 0.375. The summed E-state index contributed by atoms with van der Waals surface area (Å²) in [7, 11) is 0. The lowest BCUT2D eigenvalue weighted by Crippen LogP contribution is -2.29. The number of esters is 1. The predicted molar refractivity (Wildman–Crippen MR) is 97.0 cm³/mol. The van der Waals surface area contributed by atoms with Crippen LogP contribution in [0.15, 0.2) is 48.5 Å². The van der Waals surface area contributed by atoms with Gasteiger partial charge in [-0.15, -0.1) is 0 Å².